The fourth-order valence-electron chi connectivity index (χ4n) is 2.25. The number of aryl methyl sites for hydroxylation is 1. The van der Waals surface area contributed by atoms with Crippen molar-refractivity contribution in [3.8, 4) is 11.1 Å². The van der Waals surface area contributed by atoms with Gasteiger partial charge in [-0.15, -0.1) is 0 Å². The quantitative estimate of drug-likeness (QED) is 0.626. The molecule has 3 rings (SSSR count). The molecule has 0 fully saturated rings. The van der Waals surface area contributed by atoms with Crippen molar-refractivity contribution in [3.63, 3.8) is 0 Å². The molecular formula is C15H12O2S. The van der Waals surface area contributed by atoms with Crippen LogP contribution in [-0.4, -0.2) is 9.99 Å². The molecule has 1 heterocycles. The van der Waals surface area contributed by atoms with Gasteiger partial charge in [0.1, 0.15) is 0 Å². The lowest BCUT2D eigenvalue weighted by Crippen LogP contribution is -1.93. The highest BCUT2D eigenvalue weighted by molar-refractivity contribution is 7.85. The maximum Gasteiger partial charge on any atom is 0.159 e. The van der Waals surface area contributed by atoms with Gasteiger partial charge in [0.05, 0.1) is 20.6 Å². The van der Waals surface area contributed by atoms with Crippen molar-refractivity contribution in [2.24, 2.45) is 0 Å². The number of fused-ring (bicyclic) bond motifs is 3. The standard InChI is InChI=1S/C15H12O2S/c1-9-3-5-12-13-8-11(10(2)16)4-6-14(13)18(17)15(12)7-9/h3-8H,1-2H3. The van der Waals surface area contributed by atoms with Crippen molar-refractivity contribution >= 4 is 16.6 Å². The molecule has 1 unspecified atom stereocenters. The topological polar surface area (TPSA) is 34.1 Å². The molecule has 1 aliphatic rings. The van der Waals surface area contributed by atoms with E-state index in [1.54, 1.807) is 19.1 Å². The van der Waals surface area contributed by atoms with Crippen LogP contribution in [0.3, 0.4) is 0 Å². The van der Waals surface area contributed by atoms with Crippen LogP contribution in [0.4, 0.5) is 0 Å². The molecule has 0 aliphatic carbocycles. The van der Waals surface area contributed by atoms with Crippen molar-refractivity contribution in [1.82, 2.24) is 0 Å². The average Bonchev–Trinajstić information content (AvgIpc) is 2.62. The van der Waals surface area contributed by atoms with E-state index in [2.05, 4.69) is 0 Å². The summed E-state index contributed by atoms with van der Waals surface area (Å²) in [4.78, 5) is 13.1. The third-order valence-electron chi connectivity index (χ3n) is 3.21. The molecule has 0 radical (unpaired) electrons. The Bertz CT molecular complexity index is 702. The van der Waals surface area contributed by atoms with E-state index in [4.69, 9.17) is 0 Å². The maximum atomic E-state index is 12.3. The van der Waals surface area contributed by atoms with Gasteiger partial charge in [-0.2, -0.15) is 0 Å². The van der Waals surface area contributed by atoms with Gasteiger partial charge in [0, 0.05) is 11.1 Å². The zero-order chi connectivity index (χ0) is 12.9. The van der Waals surface area contributed by atoms with Gasteiger partial charge in [-0.1, -0.05) is 18.2 Å². The summed E-state index contributed by atoms with van der Waals surface area (Å²) >= 11 is 0. The molecule has 0 saturated heterocycles. The summed E-state index contributed by atoms with van der Waals surface area (Å²) in [6, 6.07) is 11.3. The second-order valence-electron chi connectivity index (χ2n) is 4.54. The van der Waals surface area contributed by atoms with E-state index < -0.39 is 10.8 Å². The van der Waals surface area contributed by atoms with E-state index in [0.29, 0.717) is 5.56 Å². The Kier molecular flexibility index (Phi) is 2.45. The smallest absolute Gasteiger partial charge is 0.159 e. The minimum atomic E-state index is -1.12. The first-order valence-electron chi connectivity index (χ1n) is 5.76. The summed E-state index contributed by atoms with van der Waals surface area (Å²) in [6.07, 6.45) is 0. The van der Waals surface area contributed by atoms with Crippen molar-refractivity contribution in [1.29, 1.82) is 0 Å². The molecule has 3 heteroatoms. The fraction of sp³-hybridized carbons (Fsp3) is 0.133. The SMILES string of the molecule is CC(=O)c1ccc2c(c1)-c1ccc(C)cc1S2=O. The molecule has 0 aromatic heterocycles. The van der Waals surface area contributed by atoms with E-state index in [1.165, 1.54) is 0 Å². The molecule has 1 atom stereocenters. The molecule has 0 saturated carbocycles. The molecule has 1 aliphatic heterocycles. The minimum Gasteiger partial charge on any atom is -0.295 e. The molecule has 2 nitrogen and oxygen atoms in total. The van der Waals surface area contributed by atoms with Crippen LogP contribution >= 0.6 is 0 Å². The highest BCUT2D eigenvalue weighted by atomic mass is 32.2. The van der Waals surface area contributed by atoms with Gasteiger partial charge >= 0.3 is 0 Å². The zero-order valence-corrected chi connectivity index (χ0v) is 11.0. The predicted molar refractivity (Wildman–Crippen MR) is 71.3 cm³/mol. The zero-order valence-electron chi connectivity index (χ0n) is 10.2. The van der Waals surface area contributed by atoms with E-state index in [1.807, 2.05) is 31.2 Å². The average molecular weight is 256 g/mol. The number of ketones is 1. The number of Topliss-reactive ketones (excluding diaryl/α,β-unsaturated/α-hetero) is 1. The third-order valence-corrected chi connectivity index (χ3v) is 4.71. The second kappa shape index (κ2) is 3.89. The number of carbonyl (C=O) groups excluding carboxylic acids is 1. The predicted octanol–water partition coefficient (Wildman–Crippen LogP) is 3.34. The Morgan fingerprint density at radius 2 is 1.78 bits per heavy atom. The van der Waals surface area contributed by atoms with Crippen molar-refractivity contribution in [2.45, 2.75) is 23.6 Å². The van der Waals surface area contributed by atoms with Crippen molar-refractivity contribution in [2.75, 3.05) is 0 Å². The Morgan fingerprint density at radius 1 is 1.00 bits per heavy atom. The van der Waals surface area contributed by atoms with Gasteiger partial charge < -0.3 is 0 Å². The number of benzene rings is 2. The third kappa shape index (κ3) is 1.55. The van der Waals surface area contributed by atoms with E-state index in [9.17, 15) is 9.00 Å². The highest BCUT2D eigenvalue weighted by Crippen LogP contribution is 2.41. The van der Waals surface area contributed by atoms with Crippen molar-refractivity contribution < 1.29 is 9.00 Å². The van der Waals surface area contributed by atoms with Gasteiger partial charge in [-0.05, 0) is 43.2 Å². The second-order valence-corrected chi connectivity index (χ2v) is 5.95. The van der Waals surface area contributed by atoms with Crippen LogP contribution in [0, 0.1) is 6.92 Å². The van der Waals surface area contributed by atoms with E-state index in [-0.39, 0.29) is 5.78 Å². The summed E-state index contributed by atoms with van der Waals surface area (Å²) < 4.78 is 12.3. The summed E-state index contributed by atoms with van der Waals surface area (Å²) in [6.45, 7) is 3.53. The van der Waals surface area contributed by atoms with Gasteiger partial charge in [-0.3, -0.25) is 4.79 Å². The van der Waals surface area contributed by atoms with Gasteiger partial charge in [0.25, 0.3) is 0 Å². The molecular weight excluding hydrogens is 244 g/mol. The largest absolute Gasteiger partial charge is 0.295 e. The normalized spacial score (nSPS) is 16.2. The van der Waals surface area contributed by atoms with Crippen LogP contribution in [0.2, 0.25) is 0 Å². The number of hydrogen-bond acceptors (Lipinski definition) is 2. The Hall–Kier alpha value is -1.74. The first-order chi connectivity index (χ1) is 8.58. The molecule has 0 amide bonds. The van der Waals surface area contributed by atoms with E-state index in [0.717, 1.165) is 26.5 Å². The summed E-state index contributed by atoms with van der Waals surface area (Å²) in [5.74, 6) is 0.0316. The summed E-state index contributed by atoms with van der Waals surface area (Å²) in [5.41, 5.74) is 3.67. The monoisotopic (exact) mass is 256 g/mol. The molecule has 2 aromatic rings. The van der Waals surface area contributed by atoms with Crippen LogP contribution in [0.5, 0.6) is 0 Å². The van der Waals surface area contributed by atoms with Gasteiger partial charge in [0.2, 0.25) is 0 Å². The number of rotatable bonds is 1. The molecule has 0 spiro atoms. The first kappa shape index (κ1) is 11.4. The lowest BCUT2D eigenvalue weighted by Gasteiger charge is -2.02. The number of hydrogen-bond donors (Lipinski definition) is 0. The lowest BCUT2D eigenvalue weighted by atomic mass is 10.0. The van der Waals surface area contributed by atoms with Crippen LogP contribution in [0.15, 0.2) is 46.2 Å². The first-order valence-corrected chi connectivity index (χ1v) is 6.90. The Balaban J connectivity index is 2.29. The van der Waals surface area contributed by atoms with Crippen LogP contribution in [0.1, 0.15) is 22.8 Å². The maximum absolute atomic E-state index is 12.3. The Morgan fingerprint density at radius 3 is 2.50 bits per heavy atom. The van der Waals surface area contributed by atoms with Crippen LogP contribution in [-0.2, 0) is 10.8 Å². The van der Waals surface area contributed by atoms with Crippen LogP contribution in [0.25, 0.3) is 11.1 Å². The van der Waals surface area contributed by atoms with E-state index >= 15 is 0 Å². The van der Waals surface area contributed by atoms with Crippen molar-refractivity contribution in [3.05, 3.63) is 47.5 Å². The molecule has 18 heavy (non-hydrogen) atoms. The minimum absolute atomic E-state index is 0.0316. The lowest BCUT2D eigenvalue weighted by molar-refractivity contribution is 0.101. The molecule has 2 aromatic carbocycles. The van der Waals surface area contributed by atoms with Crippen LogP contribution < -0.4 is 0 Å². The van der Waals surface area contributed by atoms with Gasteiger partial charge in [-0.25, -0.2) is 4.21 Å². The Labute approximate surface area is 108 Å². The highest BCUT2D eigenvalue weighted by Gasteiger charge is 2.25. The summed E-state index contributed by atoms with van der Waals surface area (Å²) in [7, 11) is -1.12. The fourth-order valence-corrected chi connectivity index (χ4v) is 3.71. The molecule has 90 valence electrons. The van der Waals surface area contributed by atoms with Gasteiger partial charge in [0.15, 0.2) is 5.78 Å². The molecule has 0 bridgehead atoms. The molecule has 0 N–H and O–H groups in total. The number of carbonyl (C=O) groups is 1. The summed E-state index contributed by atoms with van der Waals surface area (Å²) in [5, 5.41) is 0.